The van der Waals surface area contributed by atoms with Gasteiger partial charge in [-0.05, 0) is 18.2 Å². The molecule has 0 aliphatic heterocycles. The first kappa shape index (κ1) is 14.9. The lowest BCUT2D eigenvalue weighted by Gasteiger charge is -2.02. The topological polar surface area (TPSA) is 90.0 Å². The number of rotatable bonds is 4. The number of hydrogen-bond donors (Lipinski definition) is 1. The third-order valence-electron chi connectivity index (χ3n) is 3.55. The average molecular weight is 337 g/mol. The fourth-order valence-corrected chi connectivity index (χ4v) is 2.41. The van der Waals surface area contributed by atoms with Crippen LogP contribution in [-0.4, -0.2) is 35.0 Å². The Bertz CT molecular complexity index is 1040. The van der Waals surface area contributed by atoms with Gasteiger partial charge in [0.25, 0.3) is 0 Å². The second-order valence-corrected chi connectivity index (χ2v) is 5.29. The zero-order valence-corrected chi connectivity index (χ0v) is 12.9. The standard InChI is InChI=1S/C16H12FN7O/c17-13-7-18-4-3-12(13)11-1-2-14-20-16(22-24(14)8-11)21-15(25)9-23-6-5-19-10-23/h1-8,10H,9H2,(H,21,22,25). The number of hydrogen-bond acceptors (Lipinski definition) is 5. The van der Waals surface area contributed by atoms with Crippen LogP contribution in [0.4, 0.5) is 10.3 Å². The van der Waals surface area contributed by atoms with Crippen molar-refractivity contribution in [2.75, 3.05) is 5.32 Å². The highest BCUT2D eigenvalue weighted by atomic mass is 19.1. The molecule has 8 nitrogen and oxygen atoms in total. The summed E-state index contributed by atoms with van der Waals surface area (Å²) in [5.41, 5.74) is 1.59. The summed E-state index contributed by atoms with van der Waals surface area (Å²) in [7, 11) is 0. The maximum Gasteiger partial charge on any atom is 0.249 e. The first-order valence-corrected chi connectivity index (χ1v) is 7.41. The van der Waals surface area contributed by atoms with Gasteiger partial charge in [0.15, 0.2) is 5.65 Å². The summed E-state index contributed by atoms with van der Waals surface area (Å²) in [6, 6.07) is 5.02. The van der Waals surface area contributed by atoms with Crippen LogP contribution in [-0.2, 0) is 11.3 Å². The van der Waals surface area contributed by atoms with Crippen molar-refractivity contribution < 1.29 is 9.18 Å². The van der Waals surface area contributed by atoms with Crippen molar-refractivity contribution in [2.45, 2.75) is 6.54 Å². The fraction of sp³-hybridized carbons (Fsp3) is 0.0625. The maximum atomic E-state index is 13.9. The maximum absolute atomic E-state index is 13.9. The first-order valence-electron chi connectivity index (χ1n) is 7.41. The van der Waals surface area contributed by atoms with E-state index in [2.05, 4.69) is 25.4 Å². The van der Waals surface area contributed by atoms with Crippen molar-refractivity contribution in [3.63, 3.8) is 0 Å². The number of carbonyl (C=O) groups excluding carboxylic acids is 1. The number of aromatic nitrogens is 6. The second kappa shape index (κ2) is 6.11. The van der Waals surface area contributed by atoms with Gasteiger partial charge in [-0.1, -0.05) is 0 Å². The number of carbonyl (C=O) groups is 1. The molecule has 1 N–H and O–H groups in total. The smallest absolute Gasteiger partial charge is 0.249 e. The molecular weight excluding hydrogens is 325 g/mol. The van der Waals surface area contributed by atoms with E-state index in [1.54, 1.807) is 47.7 Å². The van der Waals surface area contributed by atoms with Gasteiger partial charge >= 0.3 is 0 Å². The summed E-state index contributed by atoms with van der Waals surface area (Å²) < 4.78 is 17.0. The Balaban J connectivity index is 1.58. The highest BCUT2D eigenvalue weighted by Crippen LogP contribution is 2.22. The van der Waals surface area contributed by atoms with E-state index in [1.807, 2.05) is 0 Å². The van der Waals surface area contributed by atoms with E-state index in [0.29, 0.717) is 16.8 Å². The Kier molecular flexibility index (Phi) is 3.65. The van der Waals surface area contributed by atoms with E-state index in [9.17, 15) is 9.18 Å². The van der Waals surface area contributed by atoms with E-state index < -0.39 is 5.82 Å². The monoisotopic (exact) mass is 337 g/mol. The van der Waals surface area contributed by atoms with Gasteiger partial charge in [-0.3, -0.25) is 15.1 Å². The van der Waals surface area contributed by atoms with E-state index in [-0.39, 0.29) is 18.4 Å². The van der Waals surface area contributed by atoms with Crippen LogP contribution in [0.15, 0.2) is 55.5 Å². The van der Waals surface area contributed by atoms with Crippen molar-refractivity contribution >= 4 is 17.5 Å². The van der Waals surface area contributed by atoms with Crippen molar-refractivity contribution in [3.05, 3.63) is 61.3 Å². The van der Waals surface area contributed by atoms with Gasteiger partial charge < -0.3 is 4.57 Å². The minimum atomic E-state index is -0.421. The van der Waals surface area contributed by atoms with Crippen LogP contribution in [0, 0.1) is 5.82 Å². The van der Waals surface area contributed by atoms with Gasteiger partial charge in [0.1, 0.15) is 12.4 Å². The molecule has 1 amide bonds. The van der Waals surface area contributed by atoms with E-state index in [0.717, 1.165) is 6.20 Å². The zero-order chi connectivity index (χ0) is 17.2. The molecule has 9 heteroatoms. The Hall–Kier alpha value is -3.62. The highest BCUT2D eigenvalue weighted by molar-refractivity contribution is 5.89. The molecule has 0 bridgehead atoms. The molecular formula is C16H12FN7O. The minimum absolute atomic E-state index is 0.114. The fourth-order valence-electron chi connectivity index (χ4n) is 2.41. The van der Waals surface area contributed by atoms with Crippen molar-refractivity contribution in [1.82, 2.24) is 29.1 Å². The number of amides is 1. The normalized spacial score (nSPS) is 10.9. The molecule has 0 aliphatic rings. The third-order valence-corrected chi connectivity index (χ3v) is 3.55. The number of fused-ring (bicyclic) bond motifs is 1. The van der Waals surface area contributed by atoms with E-state index >= 15 is 0 Å². The lowest BCUT2D eigenvalue weighted by molar-refractivity contribution is -0.116. The molecule has 4 heterocycles. The predicted molar refractivity (Wildman–Crippen MR) is 87.0 cm³/mol. The number of nitrogens with one attached hydrogen (secondary N) is 1. The van der Waals surface area contributed by atoms with Gasteiger partial charge in [-0.15, -0.1) is 5.10 Å². The second-order valence-electron chi connectivity index (χ2n) is 5.29. The van der Waals surface area contributed by atoms with Gasteiger partial charge in [0.2, 0.25) is 11.9 Å². The van der Waals surface area contributed by atoms with Crippen LogP contribution >= 0.6 is 0 Å². The molecule has 0 spiro atoms. The molecule has 25 heavy (non-hydrogen) atoms. The summed E-state index contributed by atoms with van der Waals surface area (Å²) >= 11 is 0. The summed E-state index contributed by atoms with van der Waals surface area (Å²) in [5, 5.41) is 6.83. The molecule has 0 aromatic carbocycles. The minimum Gasteiger partial charge on any atom is -0.328 e. The van der Waals surface area contributed by atoms with Gasteiger partial charge in [0.05, 0.1) is 12.5 Å². The van der Waals surface area contributed by atoms with Gasteiger partial charge in [-0.25, -0.2) is 13.9 Å². The molecule has 124 valence electrons. The van der Waals surface area contributed by atoms with E-state index in [1.165, 1.54) is 10.7 Å². The third kappa shape index (κ3) is 3.07. The SMILES string of the molecule is O=C(Cn1ccnc1)Nc1nc2ccc(-c3ccncc3F)cn2n1. The summed E-state index contributed by atoms with van der Waals surface area (Å²) in [6.07, 6.45) is 9.15. The highest BCUT2D eigenvalue weighted by Gasteiger charge is 2.10. The van der Waals surface area contributed by atoms with Gasteiger partial charge in [-0.2, -0.15) is 4.98 Å². The lowest BCUT2D eigenvalue weighted by Crippen LogP contribution is -2.18. The Labute approximate surface area is 141 Å². The molecule has 4 aromatic rings. The summed E-state index contributed by atoms with van der Waals surface area (Å²) in [4.78, 5) is 23.8. The number of pyridine rings is 2. The van der Waals surface area contributed by atoms with Crippen LogP contribution in [0.3, 0.4) is 0 Å². The number of imidazole rings is 1. The number of halogens is 1. The summed E-state index contributed by atoms with van der Waals surface area (Å²) in [6.45, 7) is 0.114. The molecule has 0 saturated heterocycles. The molecule has 0 unspecified atom stereocenters. The Morgan fingerprint density at radius 1 is 1.20 bits per heavy atom. The molecule has 0 saturated carbocycles. The average Bonchev–Trinajstić information content (AvgIpc) is 3.23. The quantitative estimate of drug-likeness (QED) is 0.613. The van der Waals surface area contributed by atoms with Crippen LogP contribution in [0.1, 0.15) is 0 Å². The molecule has 0 atom stereocenters. The molecule has 4 aromatic heterocycles. The van der Waals surface area contributed by atoms with Gasteiger partial charge in [0, 0.05) is 35.9 Å². The van der Waals surface area contributed by atoms with E-state index in [4.69, 9.17) is 0 Å². The van der Waals surface area contributed by atoms with Crippen LogP contribution < -0.4 is 5.32 Å². The van der Waals surface area contributed by atoms with Crippen LogP contribution in [0.25, 0.3) is 16.8 Å². The first-order chi connectivity index (χ1) is 12.2. The van der Waals surface area contributed by atoms with Crippen molar-refractivity contribution in [1.29, 1.82) is 0 Å². The molecule has 0 fully saturated rings. The number of anilines is 1. The molecule has 4 rings (SSSR count). The van der Waals surface area contributed by atoms with Crippen molar-refractivity contribution in [3.8, 4) is 11.1 Å². The lowest BCUT2D eigenvalue weighted by atomic mass is 10.1. The molecule has 0 aliphatic carbocycles. The zero-order valence-electron chi connectivity index (χ0n) is 12.9. The van der Waals surface area contributed by atoms with Crippen LogP contribution in [0.5, 0.6) is 0 Å². The largest absolute Gasteiger partial charge is 0.328 e. The Morgan fingerprint density at radius 3 is 2.92 bits per heavy atom. The summed E-state index contributed by atoms with van der Waals surface area (Å²) in [5.74, 6) is -0.511. The molecule has 0 radical (unpaired) electrons. The van der Waals surface area contributed by atoms with Crippen molar-refractivity contribution in [2.24, 2.45) is 0 Å². The Morgan fingerprint density at radius 2 is 2.12 bits per heavy atom. The number of nitrogens with zero attached hydrogens (tertiary/aromatic N) is 6. The van der Waals surface area contributed by atoms with Crippen LogP contribution in [0.2, 0.25) is 0 Å². The predicted octanol–water partition coefficient (Wildman–Crippen LogP) is 1.77.